The molecule has 26 heavy (non-hydrogen) atoms. The lowest BCUT2D eigenvalue weighted by Crippen LogP contribution is -2.28. The highest BCUT2D eigenvalue weighted by atomic mass is 32.2. The number of nitrogens with zero attached hydrogens (tertiary/aromatic N) is 1. The Morgan fingerprint density at radius 1 is 1.12 bits per heavy atom. The highest BCUT2D eigenvalue weighted by Gasteiger charge is 2.22. The van der Waals surface area contributed by atoms with Crippen molar-refractivity contribution < 1.29 is 17.9 Å². The van der Waals surface area contributed by atoms with E-state index in [0.717, 1.165) is 24.8 Å². The van der Waals surface area contributed by atoms with Crippen LogP contribution in [0, 0.1) is 0 Å². The molecule has 1 amide bonds. The summed E-state index contributed by atoms with van der Waals surface area (Å²) in [7, 11) is -0.323. The second kappa shape index (κ2) is 7.50. The summed E-state index contributed by atoms with van der Waals surface area (Å²) in [5.74, 6) is 0.105. The summed E-state index contributed by atoms with van der Waals surface area (Å²) in [4.78, 5) is 14.2. The maximum atomic E-state index is 12.6. The van der Waals surface area contributed by atoms with E-state index in [4.69, 9.17) is 4.74 Å². The summed E-state index contributed by atoms with van der Waals surface area (Å²) in [5.41, 5.74) is 2.97. The molecule has 2 aromatic rings. The SMILES string of the molecule is COc1ccccc1N(C)C(=O)CCS(=O)(=O)c1ccc2c(c1)CCC2. The van der Waals surface area contributed by atoms with Gasteiger partial charge < -0.3 is 9.64 Å². The molecule has 6 heteroatoms. The zero-order valence-corrected chi connectivity index (χ0v) is 15.9. The molecule has 5 nitrogen and oxygen atoms in total. The molecule has 3 rings (SSSR count). The third-order valence-corrected chi connectivity index (χ3v) is 6.55. The first-order valence-electron chi connectivity index (χ1n) is 8.66. The standard InChI is InChI=1S/C20H23NO4S/c1-21(18-8-3-4-9-19(18)25-2)20(22)12-13-26(23,24)17-11-10-15-6-5-7-16(15)14-17/h3-4,8-11,14H,5-7,12-13H2,1-2H3. The van der Waals surface area contributed by atoms with E-state index in [1.165, 1.54) is 17.6 Å². The molecule has 0 saturated carbocycles. The van der Waals surface area contributed by atoms with E-state index in [1.54, 1.807) is 31.3 Å². The minimum Gasteiger partial charge on any atom is -0.495 e. The zero-order valence-electron chi connectivity index (χ0n) is 15.1. The number of sulfone groups is 1. The Balaban J connectivity index is 1.70. The first kappa shape index (κ1) is 18.5. The quantitative estimate of drug-likeness (QED) is 0.781. The van der Waals surface area contributed by atoms with Gasteiger partial charge in [-0.2, -0.15) is 0 Å². The number of para-hydroxylation sites is 2. The fraction of sp³-hybridized carbons (Fsp3) is 0.350. The van der Waals surface area contributed by atoms with Crippen LogP contribution in [0.5, 0.6) is 5.75 Å². The van der Waals surface area contributed by atoms with Gasteiger partial charge in [-0.3, -0.25) is 4.79 Å². The highest BCUT2D eigenvalue weighted by molar-refractivity contribution is 7.91. The number of rotatable bonds is 6. The minimum absolute atomic E-state index is 0.0754. The number of ether oxygens (including phenoxy) is 1. The molecule has 2 aromatic carbocycles. The smallest absolute Gasteiger partial charge is 0.227 e. The van der Waals surface area contributed by atoms with Crippen LogP contribution >= 0.6 is 0 Å². The molecule has 1 aliphatic rings. The van der Waals surface area contributed by atoms with Gasteiger partial charge in [0.05, 0.1) is 23.4 Å². The first-order valence-corrected chi connectivity index (χ1v) is 10.3. The van der Waals surface area contributed by atoms with Crippen LogP contribution in [0.3, 0.4) is 0 Å². The molecule has 138 valence electrons. The van der Waals surface area contributed by atoms with Gasteiger partial charge in [0.15, 0.2) is 9.84 Å². The zero-order chi connectivity index (χ0) is 18.7. The van der Waals surface area contributed by atoms with Gasteiger partial charge in [-0.1, -0.05) is 18.2 Å². The van der Waals surface area contributed by atoms with Gasteiger partial charge in [0.1, 0.15) is 5.75 Å². The van der Waals surface area contributed by atoms with Crippen molar-refractivity contribution in [2.45, 2.75) is 30.6 Å². The van der Waals surface area contributed by atoms with Gasteiger partial charge in [0.2, 0.25) is 5.91 Å². The average Bonchev–Trinajstić information content (AvgIpc) is 3.13. The number of hydrogen-bond donors (Lipinski definition) is 0. The van der Waals surface area contributed by atoms with E-state index in [0.29, 0.717) is 16.3 Å². The fourth-order valence-corrected chi connectivity index (χ4v) is 4.57. The Bertz CT molecular complexity index is 921. The number of carbonyl (C=O) groups excluding carboxylic acids is 1. The Labute approximate surface area is 154 Å². The van der Waals surface area contributed by atoms with Crippen LogP contribution in [0.4, 0.5) is 5.69 Å². The highest BCUT2D eigenvalue weighted by Crippen LogP contribution is 2.28. The average molecular weight is 373 g/mol. The second-order valence-corrected chi connectivity index (χ2v) is 8.59. The maximum absolute atomic E-state index is 12.6. The van der Waals surface area contributed by atoms with E-state index in [1.807, 2.05) is 18.2 Å². The van der Waals surface area contributed by atoms with E-state index < -0.39 is 9.84 Å². The molecule has 0 atom stereocenters. The predicted octanol–water partition coefficient (Wildman–Crippen LogP) is 3.01. The number of amides is 1. The lowest BCUT2D eigenvalue weighted by atomic mass is 10.1. The van der Waals surface area contributed by atoms with Gasteiger partial charge in [-0.15, -0.1) is 0 Å². The number of methoxy groups -OCH3 is 1. The summed E-state index contributed by atoms with van der Waals surface area (Å²) in [5, 5.41) is 0. The van der Waals surface area contributed by atoms with E-state index in [-0.39, 0.29) is 18.1 Å². The van der Waals surface area contributed by atoms with Gasteiger partial charge in [-0.05, 0) is 54.7 Å². The second-order valence-electron chi connectivity index (χ2n) is 6.48. The molecule has 0 aliphatic heterocycles. The van der Waals surface area contributed by atoms with Crippen LogP contribution in [0.1, 0.15) is 24.0 Å². The van der Waals surface area contributed by atoms with E-state index >= 15 is 0 Å². The Hall–Kier alpha value is -2.34. The number of hydrogen-bond acceptors (Lipinski definition) is 4. The summed E-state index contributed by atoms with van der Waals surface area (Å²) < 4.78 is 30.5. The molecular formula is C20H23NO4S. The first-order chi connectivity index (χ1) is 12.4. The molecular weight excluding hydrogens is 350 g/mol. The molecule has 0 fully saturated rings. The topological polar surface area (TPSA) is 63.7 Å². The molecule has 0 spiro atoms. The fourth-order valence-electron chi connectivity index (χ4n) is 3.29. The van der Waals surface area contributed by atoms with Gasteiger partial charge >= 0.3 is 0 Å². The predicted molar refractivity (Wildman–Crippen MR) is 102 cm³/mol. The molecule has 1 aliphatic carbocycles. The monoisotopic (exact) mass is 373 g/mol. The van der Waals surface area contributed by atoms with Crippen molar-refractivity contribution in [3.05, 3.63) is 53.6 Å². The van der Waals surface area contributed by atoms with Gasteiger partial charge in [0.25, 0.3) is 0 Å². The minimum atomic E-state index is -3.49. The van der Waals surface area contributed by atoms with Gasteiger partial charge in [-0.25, -0.2) is 8.42 Å². The summed E-state index contributed by atoms with van der Waals surface area (Å²) in [6.45, 7) is 0. The van der Waals surface area contributed by atoms with Crippen molar-refractivity contribution in [1.82, 2.24) is 0 Å². The third-order valence-electron chi connectivity index (χ3n) is 4.83. The molecule has 0 heterocycles. The van der Waals surface area contributed by atoms with Crippen LogP contribution in [-0.4, -0.2) is 34.2 Å². The molecule has 0 saturated heterocycles. The van der Waals surface area contributed by atoms with Crippen molar-refractivity contribution in [2.75, 3.05) is 24.8 Å². The van der Waals surface area contributed by atoms with E-state index in [2.05, 4.69) is 0 Å². The van der Waals surface area contributed by atoms with Crippen molar-refractivity contribution in [1.29, 1.82) is 0 Å². The van der Waals surface area contributed by atoms with Crippen molar-refractivity contribution in [3.63, 3.8) is 0 Å². The summed E-state index contributed by atoms with van der Waals surface area (Å²) in [6, 6.07) is 12.5. The summed E-state index contributed by atoms with van der Waals surface area (Å²) >= 11 is 0. The normalized spacial score (nSPS) is 13.3. The van der Waals surface area contributed by atoms with Crippen LogP contribution < -0.4 is 9.64 Å². The van der Waals surface area contributed by atoms with Gasteiger partial charge in [0, 0.05) is 13.5 Å². The number of fused-ring (bicyclic) bond motifs is 1. The molecule has 0 bridgehead atoms. The van der Waals surface area contributed by atoms with Crippen LogP contribution in [-0.2, 0) is 27.5 Å². The van der Waals surface area contributed by atoms with Crippen molar-refractivity contribution >= 4 is 21.4 Å². The van der Waals surface area contributed by atoms with Crippen molar-refractivity contribution in [3.8, 4) is 5.75 Å². The number of carbonyl (C=O) groups is 1. The molecule has 0 aromatic heterocycles. The Kier molecular flexibility index (Phi) is 5.32. The lowest BCUT2D eigenvalue weighted by molar-refractivity contribution is -0.117. The van der Waals surface area contributed by atoms with Crippen LogP contribution in [0.25, 0.3) is 0 Å². The largest absolute Gasteiger partial charge is 0.495 e. The van der Waals surface area contributed by atoms with E-state index in [9.17, 15) is 13.2 Å². The Morgan fingerprint density at radius 3 is 2.62 bits per heavy atom. The number of anilines is 1. The molecule has 0 unspecified atom stereocenters. The van der Waals surface area contributed by atoms with Crippen molar-refractivity contribution in [2.24, 2.45) is 0 Å². The number of aryl methyl sites for hydroxylation is 2. The Morgan fingerprint density at radius 2 is 1.85 bits per heavy atom. The molecule has 0 N–H and O–H groups in total. The number of benzene rings is 2. The maximum Gasteiger partial charge on any atom is 0.227 e. The van der Waals surface area contributed by atoms with Crippen LogP contribution in [0.15, 0.2) is 47.4 Å². The lowest BCUT2D eigenvalue weighted by Gasteiger charge is -2.20. The summed E-state index contributed by atoms with van der Waals surface area (Å²) in [6.07, 6.45) is 2.93. The van der Waals surface area contributed by atoms with Crippen LogP contribution in [0.2, 0.25) is 0 Å². The third kappa shape index (κ3) is 3.75. The molecule has 0 radical (unpaired) electrons.